The molecule has 0 radical (unpaired) electrons. The molecule has 0 bridgehead atoms. The van der Waals surface area contributed by atoms with Crippen molar-refractivity contribution in [1.29, 1.82) is 0 Å². The summed E-state index contributed by atoms with van der Waals surface area (Å²) in [5.41, 5.74) is 0. The molecule has 19 heavy (non-hydrogen) atoms. The van der Waals surface area contributed by atoms with Crippen molar-refractivity contribution in [3.05, 3.63) is 0 Å². The highest BCUT2D eigenvalue weighted by atomic mass is 16.2. The first-order valence-corrected chi connectivity index (χ1v) is 7.41. The van der Waals surface area contributed by atoms with Crippen LogP contribution < -0.4 is 5.32 Å². The topological polar surface area (TPSA) is 52.7 Å². The van der Waals surface area contributed by atoms with Gasteiger partial charge in [-0.2, -0.15) is 0 Å². The Hall–Kier alpha value is -1.10. The summed E-state index contributed by atoms with van der Waals surface area (Å²) in [6, 6.07) is 0.538. The lowest BCUT2D eigenvalue weighted by atomic mass is 9.95. The van der Waals surface area contributed by atoms with E-state index in [0.29, 0.717) is 25.6 Å². The van der Waals surface area contributed by atoms with Crippen molar-refractivity contribution in [3.8, 4) is 0 Å². The Bertz CT molecular complexity index is 357. The van der Waals surface area contributed by atoms with E-state index in [9.17, 15) is 9.59 Å². The Balaban J connectivity index is 2.10. The van der Waals surface area contributed by atoms with Gasteiger partial charge in [0.15, 0.2) is 0 Å². The Morgan fingerprint density at radius 2 is 2.11 bits per heavy atom. The largest absolute Gasteiger partial charge is 0.314 e. The van der Waals surface area contributed by atoms with Crippen LogP contribution in [0.4, 0.5) is 0 Å². The van der Waals surface area contributed by atoms with Gasteiger partial charge in [-0.05, 0) is 19.3 Å². The molecule has 108 valence electrons. The minimum Gasteiger partial charge on any atom is -0.314 e. The van der Waals surface area contributed by atoms with Crippen molar-refractivity contribution in [2.45, 2.75) is 58.5 Å². The predicted molar refractivity (Wildman–Crippen MR) is 73.1 cm³/mol. The molecule has 2 atom stereocenters. The molecule has 2 amide bonds. The standard InChI is InChI=1S/C14H25N3O2/c1-4-12-6-5-7-16-13(18)8-11(9-15-10(2)3)14(19)17(12)16/h10-12,15H,4-9H2,1-3H3. The van der Waals surface area contributed by atoms with Gasteiger partial charge in [-0.3, -0.25) is 14.6 Å². The molecule has 2 aliphatic rings. The zero-order valence-corrected chi connectivity index (χ0v) is 12.2. The summed E-state index contributed by atoms with van der Waals surface area (Å²) in [6.45, 7) is 7.49. The van der Waals surface area contributed by atoms with Gasteiger partial charge in [0.2, 0.25) is 11.8 Å². The van der Waals surface area contributed by atoms with Crippen LogP contribution in [0, 0.1) is 5.92 Å². The number of amides is 2. The number of hydrogen-bond donors (Lipinski definition) is 1. The van der Waals surface area contributed by atoms with Crippen LogP contribution in [0.25, 0.3) is 0 Å². The summed E-state index contributed by atoms with van der Waals surface area (Å²) >= 11 is 0. The fraction of sp³-hybridized carbons (Fsp3) is 0.857. The van der Waals surface area contributed by atoms with E-state index in [0.717, 1.165) is 19.3 Å². The van der Waals surface area contributed by atoms with Gasteiger partial charge < -0.3 is 5.32 Å². The van der Waals surface area contributed by atoms with E-state index in [1.165, 1.54) is 0 Å². The van der Waals surface area contributed by atoms with E-state index in [2.05, 4.69) is 26.1 Å². The summed E-state index contributed by atoms with van der Waals surface area (Å²) in [5.74, 6) is 0.0332. The fourth-order valence-electron chi connectivity index (χ4n) is 2.95. The van der Waals surface area contributed by atoms with Crippen LogP contribution in [0.3, 0.4) is 0 Å². The molecule has 5 heteroatoms. The van der Waals surface area contributed by atoms with Crippen LogP contribution in [0.2, 0.25) is 0 Å². The van der Waals surface area contributed by atoms with Gasteiger partial charge >= 0.3 is 0 Å². The van der Waals surface area contributed by atoms with Crippen molar-refractivity contribution < 1.29 is 9.59 Å². The molecule has 2 aliphatic heterocycles. The van der Waals surface area contributed by atoms with Gasteiger partial charge in [0.05, 0.1) is 12.0 Å². The molecule has 5 nitrogen and oxygen atoms in total. The summed E-state index contributed by atoms with van der Waals surface area (Å²) in [7, 11) is 0. The molecule has 2 unspecified atom stereocenters. The first-order valence-electron chi connectivity index (χ1n) is 7.41. The van der Waals surface area contributed by atoms with Gasteiger partial charge in [-0.1, -0.05) is 20.8 Å². The summed E-state index contributed by atoms with van der Waals surface area (Å²) < 4.78 is 0. The molecule has 0 spiro atoms. The molecule has 2 rings (SSSR count). The summed E-state index contributed by atoms with van der Waals surface area (Å²) in [6.07, 6.45) is 3.28. The van der Waals surface area contributed by atoms with Gasteiger partial charge in [0.1, 0.15) is 0 Å². The Labute approximate surface area is 115 Å². The van der Waals surface area contributed by atoms with E-state index in [1.807, 2.05) is 0 Å². The lowest BCUT2D eigenvalue weighted by Gasteiger charge is -2.48. The zero-order valence-electron chi connectivity index (χ0n) is 12.2. The van der Waals surface area contributed by atoms with E-state index in [-0.39, 0.29) is 23.8 Å². The number of carbonyl (C=O) groups excluding carboxylic acids is 2. The minimum atomic E-state index is -0.196. The molecule has 1 N–H and O–H groups in total. The summed E-state index contributed by atoms with van der Waals surface area (Å²) in [4.78, 5) is 24.8. The Kier molecular flexibility index (Phi) is 4.45. The lowest BCUT2D eigenvalue weighted by Crippen LogP contribution is -2.63. The lowest BCUT2D eigenvalue weighted by molar-refractivity contribution is -0.187. The molecule has 0 aromatic heterocycles. The maximum atomic E-state index is 12.6. The number of nitrogens with zero attached hydrogens (tertiary/aromatic N) is 2. The van der Waals surface area contributed by atoms with Gasteiger partial charge in [-0.15, -0.1) is 0 Å². The number of rotatable bonds is 4. The first kappa shape index (κ1) is 14.3. The van der Waals surface area contributed by atoms with Crippen LogP contribution >= 0.6 is 0 Å². The van der Waals surface area contributed by atoms with Crippen LogP contribution in [0.1, 0.15) is 46.5 Å². The average molecular weight is 267 g/mol. The zero-order chi connectivity index (χ0) is 14.0. The maximum absolute atomic E-state index is 12.6. The van der Waals surface area contributed by atoms with E-state index in [4.69, 9.17) is 0 Å². The maximum Gasteiger partial charge on any atom is 0.246 e. The molecule has 2 fully saturated rings. The average Bonchev–Trinajstić information content (AvgIpc) is 2.40. The second-order valence-electron chi connectivity index (χ2n) is 5.87. The van der Waals surface area contributed by atoms with Crippen LogP contribution in [-0.2, 0) is 9.59 Å². The highest BCUT2D eigenvalue weighted by Gasteiger charge is 2.43. The number of carbonyl (C=O) groups is 2. The van der Waals surface area contributed by atoms with E-state index in [1.54, 1.807) is 10.0 Å². The Morgan fingerprint density at radius 1 is 1.37 bits per heavy atom. The third-order valence-corrected chi connectivity index (χ3v) is 4.04. The number of fused-ring (bicyclic) bond motifs is 1. The van der Waals surface area contributed by atoms with Crippen molar-refractivity contribution in [1.82, 2.24) is 15.3 Å². The predicted octanol–water partition coefficient (Wildman–Crippen LogP) is 1.15. The number of nitrogens with one attached hydrogen (secondary N) is 1. The third kappa shape index (κ3) is 2.91. The quantitative estimate of drug-likeness (QED) is 0.831. The van der Waals surface area contributed by atoms with Crippen molar-refractivity contribution in [2.24, 2.45) is 5.92 Å². The van der Waals surface area contributed by atoms with Crippen molar-refractivity contribution in [2.75, 3.05) is 13.1 Å². The number of hydrogen-bond acceptors (Lipinski definition) is 3. The molecule has 0 aromatic carbocycles. The first-order chi connectivity index (χ1) is 9.04. The van der Waals surface area contributed by atoms with Gasteiger partial charge in [0.25, 0.3) is 0 Å². The second kappa shape index (κ2) is 5.90. The molecular formula is C14H25N3O2. The van der Waals surface area contributed by atoms with E-state index < -0.39 is 0 Å². The highest BCUT2D eigenvalue weighted by molar-refractivity contribution is 5.91. The minimum absolute atomic E-state index is 0.105. The molecular weight excluding hydrogens is 242 g/mol. The summed E-state index contributed by atoms with van der Waals surface area (Å²) in [5, 5.41) is 6.71. The van der Waals surface area contributed by atoms with Crippen molar-refractivity contribution in [3.63, 3.8) is 0 Å². The second-order valence-corrected chi connectivity index (χ2v) is 5.87. The molecule has 0 aliphatic carbocycles. The molecule has 2 saturated heterocycles. The molecule has 0 aromatic rings. The smallest absolute Gasteiger partial charge is 0.246 e. The fourth-order valence-corrected chi connectivity index (χ4v) is 2.95. The van der Waals surface area contributed by atoms with Crippen LogP contribution in [0.5, 0.6) is 0 Å². The molecule has 2 heterocycles. The van der Waals surface area contributed by atoms with Crippen LogP contribution in [0.15, 0.2) is 0 Å². The Morgan fingerprint density at radius 3 is 2.74 bits per heavy atom. The van der Waals surface area contributed by atoms with Crippen molar-refractivity contribution >= 4 is 11.8 Å². The SMILES string of the molecule is CCC1CCCN2C(=O)CC(CNC(C)C)C(=O)N12. The van der Waals surface area contributed by atoms with E-state index >= 15 is 0 Å². The van der Waals surface area contributed by atoms with Crippen LogP contribution in [-0.4, -0.2) is 47.0 Å². The third-order valence-electron chi connectivity index (χ3n) is 4.04. The van der Waals surface area contributed by atoms with Gasteiger partial charge in [0, 0.05) is 25.6 Å². The number of hydrazine groups is 1. The normalized spacial score (nSPS) is 28.0. The van der Waals surface area contributed by atoms with Gasteiger partial charge in [-0.25, -0.2) is 5.01 Å². The monoisotopic (exact) mass is 267 g/mol. The highest BCUT2D eigenvalue weighted by Crippen LogP contribution is 2.28. The molecule has 0 saturated carbocycles.